The van der Waals surface area contributed by atoms with E-state index in [-0.39, 0.29) is 11.6 Å². The molecule has 9 heteroatoms. The lowest BCUT2D eigenvalue weighted by atomic mass is 9.96. The van der Waals surface area contributed by atoms with E-state index in [9.17, 15) is 13.2 Å². The third-order valence-electron chi connectivity index (χ3n) is 3.83. The van der Waals surface area contributed by atoms with Crippen LogP contribution < -0.4 is 10.2 Å². The number of benzene rings is 2. The molecule has 0 unspecified atom stereocenters. The average molecular weight is 381 g/mol. The van der Waals surface area contributed by atoms with Gasteiger partial charge in [-0.15, -0.1) is 24.5 Å². The molecule has 0 bridgehead atoms. The number of hydroxylamine groups is 1. The van der Waals surface area contributed by atoms with Gasteiger partial charge in [0.15, 0.2) is 5.84 Å². The largest absolute Gasteiger partial charge is 0.573 e. The molecule has 0 radical (unpaired) electrons. The Morgan fingerprint density at radius 3 is 2.58 bits per heavy atom. The molecule has 3 rings (SSSR count). The Morgan fingerprint density at radius 2 is 2.00 bits per heavy atom. The van der Waals surface area contributed by atoms with Crippen LogP contribution in [0.4, 0.5) is 13.2 Å². The number of aryl methyl sites for hydroxylation is 1. The Bertz CT molecular complexity index is 952. The fourth-order valence-corrected chi connectivity index (χ4v) is 3.63. The van der Waals surface area contributed by atoms with Crippen LogP contribution in [-0.2, 0) is 6.42 Å². The van der Waals surface area contributed by atoms with E-state index in [4.69, 9.17) is 10.6 Å². The summed E-state index contributed by atoms with van der Waals surface area (Å²) in [4.78, 5) is 4.33. The predicted octanol–water partition coefficient (Wildman–Crippen LogP) is 4.73. The second kappa shape index (κ2) is 6.93. The fraction of sp³-hybridized carbons (Fsp3) is 0.176. The molecule has 0 aliphatic carbocycles. The third kappa shape index (κ3) is 3.49. The van der Waals surface area contributed by atoms with E-state index in [1.54, 1.807) is 5.51 Å². The molecule has 3 aromatic rings. The van der Waals surface area contributed by atoms with E-state index in [1.165, 1.54) is 35.6 Å². The lowest BCUT2D eigenvalue weighted by Crippen LogP contribution is -2.20. The van der Waals surface area contributed by atoms with E-state index in [1.807, 2.05) is 18.5 Å². The minimum Gasteiger partial charge on any atom is -0.406 e. The number of hydrogen-bond donors (Lipinski definition) is 3. The fourth-order valence-electron chi connectivity index (χ4n) is 2.74. The number of nitrogens with zero attached hydrogens (tertiary/aromatic N) is 1. The lowest BCUT2D eigenvalue weighted by Gasteiger charge is -2.14. The molecule has 1 aromatic heterocycles. The number of rotatable bonds is 4. The molecule has 1 heterocycles. The number of nitrogens with one attached hydrogen (secondary N) is 2. The first-order valence-corrected chi connectivity index (χ1v) is 8.46. The van der Waals surface area contributed by atoms with Crippen molar-refractivity contribution in [1.29, 1.82) is 5.41 Å². The summed E-state index contributed by atoms with van der Waals surface area (Å²) < 4.78 is 41.5. The zero-order valence-corrected chi connectivity index (χ0v) is 14.3. The first kappa shape index (κ1) is 18.2. The highest BCUT2D eigenvalue weighted by Crippen LogP contribution is 2.36. The Labute approximate surface area is 150 Å². The molecule has 0 saturated heterocycles. The van der Waals surface area contributed by atoms with Crippen LogP contribution in [0.1, 0.15) is 18.1 Å². The van der Waals surface area contributed by atoms with E-state index in [2.05, 4.69) is 9.72 Å². The Morgan fingerprint density at radius 1 is 1.31 bits per heavy atom. The first-order chi connectivity index (χ1) is 12.3. The lowest BCUT2D eigenvalue weighted by molar-refractivity contribution is -0.274. The maximum absolute atomic E-state index is 12.3. The molecule has 26 heavy (non-hydrogen) atoms. The minimum atomic E-state index is -4.74. The second-order valence-corrected chi connectivity index (χ2v) is 6.26. The van der Waals surface area contributed by atoms with Crippen molar-refractivity contribution in [2.45, 2.75) is 19.7 Å². The molecule has 0 atom stereocenters. The van der Waals surface area contributed by atoms with E-state index >= 15 is 0 Å². The van der Waals surface area contributed by atoms with Crippen LogP contribution >= 0.6 is 11.3 Å². The summed E-state index contributed by atoms with van der Waals surface area (Å²) in [7, 11) is 0. The van der Waals surface area contributed by atoms with Gasteiger partial charge in [-0.1, -0.05) is 19.1 Å². The summed E-state index contributed by atoms with van der Waals surface area (Å²) in [6, 6.07) is 7.40. The van der Waals surface area contributed by atoms with Crippen LogP contribution in [0.5, 0.6) is 5.75 Å². The van der Waals surface area contributed by atoms with Crippen LogP contribution in [0.2, 0.25) is 0 Å². The van der Waals surface area contributed by atoms with Gasteiger partial charge in [0.25, 0.3) is 0 Å². The van der Waals surface area contributed by atoms with Gasteiger partial charge in [0.1, 0.15) is 5.75 Å². The molecule has 2 aromatic carbocycles. The average Bonchev–Trinajstić information content (AvgIpc) is 3.08. The van der Waals surface area contributed by atoms with Crippen LogP contribution in [0, 0.1) is 5.41 Å². The van der Waals surface area contributed by atoms with Gasteiger partial charge in [0, 0.05) is 11.1 Å². The maximum atomic E-state index is 12.3. The summed E-state index contributed by atoms with van der Waals surface area (Å²) >= 11 is 1.33. The molecule has 3 N–H and O–H groups in total. The number of halogens is 3. The normalized spacial score (nSPS) is 11.6. The SMILES string of the molecule is CCc1cc(-c2ccc(OC(F)(F)F)cc2)c2ncsc2c1C(=N)NO. The highest BCUT2D eigenvalue weighted by atomic mass is 32.1. The molecular formula is C17H14F3N3O2S. The van der Waals surface area contributed by atoms with Crippen molar-refractivity contribution in [2.24, 2.45) is 0 Å². The summed E-state index contributed by atoms with van der Waals surface area (Å²) in [6.07, 6.45) is -4.13. The molecule has 0 aliphatic heterocycles. The van der Waals surface area contributed by atoms with Gasteiger partial charge < -0.3 is 4.74 Å². The molecule has 0 amide bonds. The summed E-state index contributed by atoms with van der Waals surface area (Å²) in [5.41, 5.74) is 6.91. The van der Waals surface area contributed by atoms with Gasteiger partial charge in [0.05, 0.1) is 15.7 Å². The summed E-state index contributed by atoms with van der Waals surface area (Å²) in [5.74, 6) is -0.425. The Balaban J connectivity index is 2.11. The number of amidine groups is 1. The molecule has 136 valence electrons. The van der Waals surface area contributed by atoms with Crippen LogP contribution in [0.25, 0.3) is 21.3 Å². The number of ether oxygens (including phenoxy) is 1. The third-order valence-corrected chi connectivity index (χ3v) is 4.67. The van der Waals surface area contributed by atoms with Crippen molar-refractivity contribution in [3.8, 4) is 16.9 Å². The molecular weight excluding hydrogens is 367 g/mol. The standard InChI is InChI=1S/C17H14F3N3O2S/c1-2-9-7-12(10-3-5-11(6-4-10)25-17(18,19)20)14-15(26-8-22-14)13(9)16(21)23-24/h3-8,24H,2H2,1H3,(H2,21,23). The first-order valence-electron chi connectivity index (χ1n) is 7.58. The van der Waals surface area contributed by atoms with Gasteiger partial charge >= 0.3 is 6.36 Å². The number of thiazole rings is 1. The molecule has 5 nitrogen and oxygen atoms in total. The smallest absolute Gasteiger partial charge is 0.406 e. The zero-order valence-electron chi connectivity index (χ0n) is 13.5. The van der Waals surface area contributed by atoms with Crippen molar-refractivity contribution in [3.05, 3.63) is 47.0 Å². The van der Waals surface area contributed by atoms with Gasteiger partial charge in [-0.05, 0) is 35.7 Å². The van der Waals surface area contributed by atoms with E-state index < -0.39 is 6.36 Å². The number of hydrogen-bond acceptors (Lipinski definition) is 5. The molecule has 0 fully saturated rings. The van der Waals surface area contributed by atoms with Crippen molar-refractivity contribution in [2.75, 3.05) is 0 Å². The van der Waals surface area contributed by atoms with Crippen molar-refractivity contribution < 1.29 is 23.1 Å². The van der Waals surface area contributed by atoms with Gasteiger partial charge in [-0.25, -0.2) is 4.98 Å². The van der Waals surface area contributed by atoms with Crippen LogP contribution in [0.3, 0.4) is 0 Å². The second-order valence-electron chi connectivity index (χ2n) is 5.40. The van der Waals surface area contributed by atoms with E-state index in [0.29, 0.717) is 23.1 Å². The molecule has 0 aliphatic rings. The van der Waals surface area contributed by atoms with Crippen LogP contribution in [0.15, 0.2) is 35.8 Å². The van der Waals surface area contributed by atoms with Crippen molar-refractivity contribution in [3.63, 3.8) is 0 Å². The Hall–Kier alpha value is -2.65. The monoisotopic (exact) mass is 381 g/mol. The number of alkyl halides is 3. The minimum absolute atomic E-state index is 0.128. The Kier molecular flexibility index (Phi) is 4.84. The van der Waals surface area contributed by atoms with Gasteiger partial charge in [-0.2, -0.15) is 0 Å². The van der Waals surface area contributed by atoms with Crippen LogP contribution in [-0.4, -0.2) is 22.4 Å². The highest BCUT2D eigenvalue weighted by molar-refractivity contribution is 7.17. The van der Waals surface area contributed by atoms with E-state index in [0.717, 1.165) is 15.8 Å². The summed E-state index contributed by atoms with van der Waals surface area (Å²) in [5, 5.41) is 17.0. The molecule has 0 spiro atoms. The highest BCUT2D eigenvalue weighted by Gasteiger charge is 2.31. The van der Waals surface area contributed by atoms with Gasteiger partial charge in [-0.3, -0.25) is 16.1 Å². The molecule has 0 saturated carbocycles. The van der Waals surface area contributed by atoms with Gasteiger partial charge in [0.2, 0.25) is 0 Å². The quantitative estimate of drug-likeness (QED) is 0.347. The topological polar surface area (TPSA) is 78.2 Å². The van der Waals surface area contributed by atoms with Crippen molar-refractivity contribution in [1.82, 2.24) is 10.5 Å². The zero-order chi connectivity index (χ0) is 18.9. The van der Waals surface area contributed by atoms with Crippen molar-refractivity contribution >= 4 is 27.4 Å². The predicted molar refractivity (Wildman–Crippen MR) is 92.9 cm³/mol. The summed E-state index contributed by atoms with van der Waals surface area (Å²) in [6.45, 7) is 1.92. The number of fused-ring (bicyclic) bond motifs is 1. The maximum Gasteiger partial charge on any atom is 0.573 e. The number of aromatic nitrogens is 1.